The average Bonchev–Trinajstić information content (AvgIpc) is 3.70. The zero-order valence-electron chi connectivity index (χ0n) is 24.4. The lowest BCUT2D eigenvalue weighted by Gasteiger charge is -2.46. The number of rotatable bonds is 10. The number of carbonyl (C=O) groups excluding carboxylic acids is 3. The van der Waals surface area contributed by atoms with Gasteiger partial charge in [0.1, 0.15) is 5.75 Å². The zero-order valence-corrected chi connectivity index (χ0v) is 25.2. The number of ether oxygens (including phenoxy) is 1. The van der Waals surface area contributed by atoms with Gasteiger partial charge in [0.05, 0.1) is 30.9 Å². The predicted octanol–water partition coefficient (Wildman–Crippen LogP) is 4.79. The summed E-state index contributed by atoms with van der Waals surface area (Å²) in [6.07, 6.45) is 1.64. The van der Waals surface area contributed by atoms with Gasteiger partial charge in [-0.2, -0.15) is 0 Å². The van der Waals surface area contributed by atoms with E-state index in [9.17, 15) is 24.3 Å². The maximum Gasteiger partial charge on any atom is 0.305 e. The van der Waals surface area contributed by atoms with E-state index in [0.29, 0.717) is 30.1 Å². The molecule has 43 heavy (non-hydrogen) atoms. The molecule has 2 aliphatic rings. The molecule has 0 radical (unpaired) electrons. The van der Waals surface area contributed by atoms with Gasteiger partial charge in [-0.15, -0.1) is 11.3 Å². The second-order valence-electron chi connectivity index (χ2n) is 11.2. The van der Waals surface area contributed by atoms with Gasteiger partial charge in [-0.05, 0) is 74.5 Å². The smallest absolute Gasteiger partial charge is 0.305 e. The summed E-state index contributed by atoms with van der Waals surface area (Å²) in [4.78, 5) is 56.1. The number of hydrogen-bond acceptors (Lipinski definition) is 7. The summed E-state index contributed by atoms with van der Waals surface area (Å²) < 4.78 is 5.28. The lowest BCUT2D eigenvalue weighted by Crippen LogP contribution is -2.58. The Labute approximate surface area is 254 Å². The molecule has 3 aromatic rings. The molecule has 3 N–H and O–H groups in total. The third-order valence-corrected chi connectivity index (χ3v) is 8.90. The molecule has 1 aliphatic carbocycles. The molecule has 3 unspecified atom stereocenters. The first-order chi connectivity index (χ1) is 20.6. The van der Waals surface area contributed by atoms with Crippen LogP contribution in [0.4, 0.5) is 11.4 Å². The molecule has 5 rings (SSSR count). The summed E-state index contributed by atoms with van der Waals surface area (Å²) in [5, 5.41) is 17.1. The second-order valence-corrected chi connectivity index (χ2v) is 12.2. The van der Waals surface area contributed by atoms with Crippen molar-refractivity contribution in [3.05, 3.63) is 76.0 Å². The summed E-state index contributed by atoms with van der Waals surface area (Å²) >= 11 is 1.37. The van der Waals surface area contributed by atoms with Gasteiger partial charge in [0.25, 0.3) is 11.8 Å². The molecule has 2 fully saturated rings. The van der Waals surface area contributed by atoms with Gasteiger partial charge >= 0.3 is 5.97 Å². The molecular weight excluding hydrogens is 568 g/mol. The number of benzene rings is 2. The minimum atomic E-state index is -1.03. The molecule has 0 bridgehead atoms. The Morgan fingerprint density at radius 2 is 1.74 bits per heavy atom. The molecular formula is C32H36N4O6S. The minimum Gasteiger partial charge on any atom is -0.497 e. The van der Waals surface area contributed by atoms with Crippen LogP contribution in [0, 0.1) is 5.92 Å². The number of anilines is 2. The second kappa shape index (κ2) is 12.9. The quantitative estimate of drug-likeness (QED) is 0.304. The maximum atomic E-state index is 13.4. The first kappa shape index (κ1) is 30.1. The number of methoxy groups -OCH3 is 1. The first-order valence-electron chi connectivity index (χ1n) is 14.4. The number of thiophene rings is 1. The standard InChI is InChI=1S/C32H36N4O6S/c1-19-18-36(32(41)21-9-10-21)20(2)17-35(19)27-12-11-23(31(40)34-26(16-29(37)38)28-8-5-13-43-28)15-25(27)33-30(39)22-6-4-7-24(14-22)42-3/h4-8,11-15,19-21,26H,9-10,16-18H2,1-3H3,(H,33,39)(H,34,40)(H,37,38). The van der Waals surface area contributed by atoms with Crippen molar-refractivity contribution in [2.75, 3.05) is 30.4 Å². The molecule has 1 aromatic heterocycles. The maximum absolute atomic E-state index is 13.4. The Bertz CT molecular complexity index is 1510. The van der Waals surface area contributed by atoms with E-state index in [2.05, 4.69) is 15.5 Å². The monoisotopic (exact) mass is 604 g/mol. The van der Waals surface area contributed by atoms with Crippen molar-refractivity contribution >= 4 is 46.4 Å². The molecule has 226 valence electrons. The molecule has 11 heteroatoms. The molecule has 2 aromatic carbocycles. The summed E-state index contributed by atoms with van der Waals surface area (Å²) in [6, 6.07) is 14.7. The topological polar surface area (TPSA) is 128 Å². The van der Waals surface area contributed by atoms with Crippen LogP contribution in [-0.4, -0.2) is 66.0 Å². The minimum absolute atomic E-state index is 0.0308. The largest absolute Gasteiger partial charge is 0.497 e. The molecule has 3 amide bonds. The van der Waals surface area contributed by atoms with E-state index in [0.717, 1.165) is 23.4 Å². The van der Waals surface area contributed by atoms with Gasteiger partial charge in [0.15, 0.2) is 0 Å². The fraction of sp³-hybridized carbons (Fsp3) is 0.375. The van der Waals surface area contributed by atoms with Gasteiger partial charge in [0.2, 0.25) is 5.91 Å². The van der Waals surface area contributed by atoms with Gasteiger partial charge in [-0.3, -0.25) is 19.2 Å². The van der Waals surface area contributed by atoms with E-state index < -0.39 is 17.9 Å². The number of nitrogens with zero attached hydrogens (tertiary/aromatic N) is 2. The van der Waals surface area contributed by atoms with Gasteiger partial charge < -0.3 is 30.3 Å². The fourth-order valence-corrected chi connectivity index (χ4v) is 6.23. The van der Waals surface area contributed by atoms with Crippen molar-refractivity contribution in [3.63, 3.8) is 0 Å². The number of piperazine rings is 1. The Morgan fingerprint density at radius 1 is 0.977 bits per heavy atom. The number of hydrogen-bond donors (Lipinski definition) is 3. The number of nitrogens with one attached hydrogen (secondary N) is 2. The zero-order chi connectivity index (χ0) is 30.7. The summed E-state index contributed by atoms with van der Waals surface area (Å²) in [5.74, 6) is -0.969. The number of carboxylic acid groups (broad SMARTS) is 1. The molecule has 1 saturated heterocycles. The highest BCUT2D eigenvalue weighted by Crippen LogP contribution is 2.36. The molecule has 1 saturated carbocycles. The van der Waals surface area contributed by atoms with Crippen molar-refractivity contribution in [3.8, 4) is 5.75 Å². The highest BCUT2D eigenvalue weighted by Gasteiger charge is 2.39. The van der Waals surface area contributed by atoms with Crippen LogP contribution in [0.25, 0.3) is 0 Å². The third kappa shape index (κ3) is 6.99. The average molecular weight is 605 g/mol. The van der Waals surface area contributed by atoms with Crippen LogP contribution in [0.3, 0.4) is 0 Å². The molecule has 3 atom stereocenters. The first-order valence-corrected chi connectivity index (χ1v) is 15.2. The van der Waals surface area contributed by atoms with Crippen LogP contribution >= 0.6 is 11.3 Å². The van der Waals surface area contributed by atoms with E-state index in [4.69, 9.17) is 4.74 Å². The predicted molar refractivity (Wildman–Crippen MR) is 165 cm³/mol. The number of amides is 3. The van der Waals surface area contributed by atoms with Crippen LogP contribution < -0.4 is 20.3 Å². The number of aliphatic carboxylic acids is 1. The van der Waals surface area contributed by atoms with Crippen molar-refractivity contribution in [1.82, 2.24) is 10.2 Å². The van der Waals surface area contributed by atoms with Crippen molar-refractivity contribution < 1.29 is 29.0 Å². The van der Waals surface area contributed by atoms with E-state index in [1.165, 1.54) is 18.4 Å². The normalized spacial score (nSPS) is 19.0. The van der Waals surface area contributed by atoms with E-state index in [1.807, 2.05) is 30.2 Å². The van der Waals surface area contributed by atoms with Gasteiger partial charge in [0, 0.05) is 47.1 Å². The molecule has 0 spiro atoms. The van der Waals surface area contributed by atoms with Crippen molar-refractivity contribution in [1.29, 1.82) is 0 Å². The lowest BCUT2D eigenvalue weighted by atomic mass is 10.0. The van der Waals surface area contributed by atoms with Crippen LogP contribution in [0.15, 0.2) is 60.0 Å². The van der Waals surface area contributed by atoms with E-state index >= 15 is 0 Å². The van der Waals surface area contributed by atoms with Crippen LogP contribution in [-0.2, 0) is 9.59 Å². The highest BCUT2D eigenvalue weighted by molar-refractivity contribution is 7.10. The van der Waals surface area contributed by atoms with Crippen LogP contribution in [0.2, 0.25) is 0 Å². The Morgan fingerprint density at radius 3 is 2.42 bits per heavy atom. The van der Waals surface area contributed by atoms with Gasteiger partial charge in [-0.25, -0.2) is 0 Å². The Kier molecular flexibility index (Phi) is 9.00. The number of carboxylic acids is 1. The molecule has 2 heterocycles. The van der Waals surface area contributed by atoms with E-state index in [1.54, 1.807) is 48.5 Å². The van der Waals surface area contributed by atoms with E-state index in [-0.39, 0.29) is 41.8 Å². The summed E-state index contributed by atoms with van der Waals surface area (Å²) in [5.41, 5.74) is 1.83. The van der Waals surface area contributed by atoms with Crippen molar-refractivity contribution in [2.24, 2.45) is 5.92 Å². The van der Waals surface area contributed by atoms with Crippen LogP contribution in [0.5, 0.6) is 5.75 Å². The van der Waals surface area contributed by atoms with Gasteiger partial charge in [-0.1, -0.05) is 12.1 Å². The Hall–Kier alpha value is -4.38. The highest BCUT2D eigenvalue weighted by atomic mass is 32.1. The van der Waals surface area contributed by atoms with Crippen molar-refractivity contribution in [2.45, 2.75) is 51.2 Å². The fourth-order valence-electron chi connectivity index (χ4n) is 5.45. The molecule has 1 aliphatic heterocycles. The van der Waals surface area contributed by atoms with Crippen LogP contribution in [0.1, 0.15) is 64.7 Å². The summed E-state index contributed by atoms with van der Waals surface area (Å²) in [6.45, 7) is 5.19. The third-order valence-electron chi connectivity index (χ3n) is 7.91. The Balaban J connectivity index is 1.44. The molecule has 10 nitrogen and oxygen atoms in total. The SMILES string of the molecule is COc1cccc(C(=O)Nc2cc(C(=O)NC(CC(=O)O)c3cccs3)ccc2N2CC(C)N(C(=O)C3CC3)CC2C)c1. The summed E-state index contributed by atoms with van der Waals surface area (Å²) in [7, 11) is 1.53. The number of carbonyl (C=O) groups is 4. The lowest BCUT2D eigenvalue weighted by molar-refractivity contribution is -0.137.